The second-order valence-electron chi connectivity index (χ2n) is 7.71. The zero-order chi connectivity index (χ0) is 23.0. The number of carbonyl (C=O) groups is 2. The van der Waals surface area contributed by atoms with Crippen molar-refractivity contribution in [1.82, 2.24) is 15.5 Å². The first kappa shape index (κ1) is 24.9. The van der Waals surface area contributed by atoms with E-state index in [1.165, 1.54) is 12.1 Å². The predicted molar refractivity (Wildman–Crippen MR) is 109 cm³/mol. The third kappa shape index (κ3) is 8.35. The lowest BCUT2D eigenvalue weighted by Gasteiger charge is -2.36. The number of rotatable bonds is 8. The van der Waals surface area contributed by atoms with Gasteiger partial charge >= 0.3 is 12.2 Å². The number of aliphatic hydroxyl groups excluding tert-OH is 1. The first-order valence-electron chi connectivity index (χ1n) is 10.0. The Hall–Kier alpha value is -2.37. The van der Waals surface area contributed by atoms with E-state index in [-0.39, 0.29) is 43.4 Å². The van der Waals surface area contributed by atoms with Crippen LogP contribution in [-0.2, 0) is 15.7 Å². The highest BCUT2D eigenvalue weighted by Crippen LogP contribution is 2.29. The van der Waals surface area contributed by atoms with Crippen LogP contribution in [0.3, 0.4) is 0 Å². The van der Waals surface area contributed by atoms with Gasteiger partial charge in [0.15, 0.2) is 0 Å². The van der Waals surface area contributed by atoms with E-state index in [1.807, 2.05) is 0 Å². The predicted octanol–water partition coefficient (Wildman–Crippen LogP) is 1.80. The topological polar surface area (TPSA) is 103 Å². The minimum absolute atomic E-state index is 0.142. The molecule has 1 saturated heterocycles. The summed E-state index contributed by atoms with van der Waals surface area (Å²) in [4.78, 5) is 25.6. The molecular formula is C20H29F3N4O4. The number of hydrogen-bond acceptors (Lipinski definition) is 5. The number of ether oxygens (including phenoxy) is 1. The summed E-state index contributed by atoms with van der Waals surface area (Å²) < 4.78 is 43.5. The largest absolute Gasteiger partial charge is 0.416 e. The van der Waals surface area contributed by atoms with Gasteiger partial charge in [-0.05, 0) is 57.6 Å². The van der Waals surface area contributed by atoms with Crippen molar-refractivity contribution < 1.29 is 32.6 Å². The average molecular weight is 446 g/mol. The Morgan fingerprint density at radius 3 is 2.45 bits per heavy atom. The fourth-order valence-electron chi connectivity index (χ4n) is 3.31. The van der Waals surface area contributed by atoms with Gasteiger partial charge in [-0.2, -0.15) is 13.2 Å². The molecule has 3 atom stereocenters. The summed E-state index contributed by atoms with van der Waals surface area (Å²) in [7, 11) is 3.58. The van der Waals surface area contributed by atoms with E-state index in [4.69, 9.17) is 4.74 Å². The third-order valence-corrected chi connectivity index (χ3v) is 4.82. The maximum atomic E-state index is 12.6. The summed E-state index contributed by atoms with van der Waals surface area (Å²) in [5, 5.41) is 17.6. The third-order valence-electron chi connectivity index (χ3n) is 4.82. The summed E-state index contributed by atoms with van der Waals surface area (Å²) >= 11 is 0. The quantitative estimate of drug-likeness (QED) is 0.488. The van der Waals surface area contributed by atoms with Crippen LogP contribution in [0.1, 0.15) is 24.8 Å². The molecule has 4 N–H and O–H groups in total. The molecular weight excluding hydrogens is 417 g/mol. The molecule has 1 heterocycles. The van der Waals surface area contributed by atoms with Crippen molar-refractivity contribution in [2.45, 2.75) is 43.7 Å². The minimum Gasteiger partial charge on any atom is -0.394 e. The molecule has 0 aromatic heterocycles. The lowest BCUT2D eigenvalue weighted by atomic mass is 9.97. The Morgan fingerprint density at radius 1 is 1.19 bits per heavy atom. The number of likely N-dealkylation sites (N-methyl/N-ethyl adjacent to an activating group) is 1. The molecule has 0 bridgehead atoms. The Kier molecular flexibility index (Phi) is 9.08. The van der Waals surface area contributed by atoms with Gasteiger partial charge in [-0.25, -0.2) is 4.79 Å². The van der Waals surface area contributed by atoms with Gasteiger partial charge in [-0.3, -0.25) is 4.79 Å². The van der Waals surface area contributed by atoms with Crippen molar-refractivity contribution in [2.75, 3.05) is 39.1 Å². The second kappa shape index (κ2) is 11.3. The zero-order valence-corrected chi connectivity index (χ0v) is 17.5. The van der Waals surface area contributed by atoms with Gasteiger partial charge in [0.05, 0.1) is 30.9 Å². The normalized spacial score (nSPS) is 21.6. The van der Waals surface area contributed by atoms with E-state index in [0.717, 1.165) is 12.1 Å². The van der Waals surface area contributed by atoms with Gasteiger partial charge < -0.3 is 30.7 Å². The monoisotopic (exact) mass is 446 g/mol. The number of nitrogens with one attached hydrogen (secondary N) is 3. The van der Waals surface area contributed by atoms with E-state index < -0.39 is 23.9 Å². The number of nitrogens with zero attached hydrogens (tertiary/aromatic N) is 1. The molecule has 8 nitrogen and oxygen atoms in total. The van der Waals surface area contributed by atoms with Crippen LogP contribution >= 0.6 is 0 Å². The number of alkyl halides is 3. The number of hydrogen-bond donors (Lipinski definition) is 4. The Labute approximate surface area is 179 Å². The molecule has 1 aromatic rings. The molecule has 1 aliphatic rings. The lowest BCUT2D eigenvalue weighted by molar-refractivity contribution is -0.137. The van der Waals surface area contributed by atoms with Crippen LogP contribution in [0, 0.1) is 0 Å². The van der Waals surface area contributed by atoms with Crippen LogP contribution in [0.4, 0.5) is 23.7 Å². The summed E-state index contributed by atoms with van der Waals surface area (Å²) in [6, 6.07) is 3.35. The van der Waals surface area contributed by atoms with Crippen molar-refractivity contribution in [3.63, 3.8) is 0 Å². The molecule has 1 aliphatic heterocycles. The van der Waals surface area contributed by atoms with E-state index >= 15 is 0 Å². The molecule has 1 aromatic carbocycles. The number of urea groups is 1. The molecule has 3 amide bonds. The molecule has 31 heavy (non-hydrogen) atoms. The van der Waals surface area contributed by atoms with Gasteiger partial charge in [-0.1, -0.05) is 0 Å². The Morgan fingerprint density at radius 2 is 1.87 bits per heavy atom. The second-order valence-corrected chi connectivity index (χ2v) is 7.71. The van der Waals surface area contributed by atoms with Crippen LogP contribution in [0.5, 0.6) is 0 Å². The zero-order valence-electron chi connectivity index (χ0n) is 17.5. The number of aliphatic hydroxyl groups is 1. The lowest BCUT2D eigenvalue weighted by Crippen LogP contribution is -2.52. The van der Waals surface area contributed by atoms with E-state index in [0.29, 0.717) is 19.3 Å². The fourth-order valence-corrected chi connectivity index (χ4v) is 3.31. The first-order valence-corrected chi connectivity index (χ1v) is 10.0. The van der Waals surface area contributed by atoms with Crippen LogP contribution in [0.2, 0.25) is 0 Å². The molecule has 0 aliphatic carbocycles. The van der Waals surface area contributed by atoms with Crippen molar-refractivity contribution >= 4 is 17.6 Å². The maximum absolute atomic E-state index is 12.6. The minimum atomic E-state index is -4.43. The molecule has 1 fully saturated rings. The molecule has 2 rings (SSSR count). The van der Waals surface area contributed by atoms with Crippen molar-refractivity contribution in [1.29, 1.82) is 0 Å². The number of benzene rings is 1. The number of anilines is 1. The van der Waals surface area contributed by atoms with Crippen LogP contribution < -0.4 is 16.0 Å². The molecule has 0 spiro atoms. The van der Waals surface area contributed by atoms with Gasteiger partial charge in [0.1, 0.15) is 6.10 Å². The van der Waals surface area contributed by atoms with Crippen LogP contribution in [0.15, 0.2) is 24.3 Å². The van der Waals surface area contributed by atoms with E-state index in [1.54, 1.807) is 19.0 Å². The van der Waals surface area contributed by atoms with Gasteiger partial charge in [0.25, 0.3) is 0 Å². The SMILES string of the molecule is CN(C)CC(=O)N[C@@H]1CC[C@@H](CCNC(=O)Nc2ccc(C(F)(F)F)cc2)O[C@H]1CO. The van der Waals surface area contributed by atoms with Gasteiger partial charge in [-0.15, -0.1) is 0 Å². The van der Waals surface area contributed by atoms with Crippen molar-refractivity contribution in [3.8, 4) is 0 Å². The smallest absolute Gasteiger partial charge is 0.394 e. The van der Waals surface area contributed by atoms with Gasteiger partial charge in [0.2, 0.25) is 5.91 Å². The molecule has 0 saturated carbocycles. The molecule has 0 unspecified atom stereocenters. The summed E-state index contributed by atoms with van der Waals surface area (Å²) in [5.41, 5.74) is -0.543. The Balaban J connectivity index is 1.72. The fraction of sp³-hybridized carbons (Fsp3) is 0.600. The average Bonchev–Trinajstić information content (AvgIpc) is 2.68. The summed E-state index contributed by atoms with van der Waals surface area (Å²) in [5.74, 6) is -0.142. The Bertz CT molecular complexity index is 728. The van der Waals surface area contributed by atoms with Crippen molar-refractivity contribution in [3.05, 3.63) is 29.8 Å². The van der Waals surface area contributed by atoms with Gasteiger partial charge in [0, 0.05) is 12.2 Å². The van der Waals surface area contributed by atoms with Crippen LogP contribution in [0.25, 0.3) is 0 Å². The highest BCUT2D eigenvalue weighted by Gasteiger charge is 2.32. The standard InChI is InChI=1S/C20H29F3N4O4/c1-27(2)11-18(29)26-16-8-7-15(31-17(16)12-28)9-10-24-19(30)25-14-5-3-13(4-6-14)20(21,22)23/h3-6,15-17,28H,7-12H2,1-2H3,(H,26,29)(H2,24,25,30)/t15-,16+,17-/m0/s1. The number of halogens is 3. The number of carbonyl (C=O) groups excluding carboxylic acids is 2. The molecule has 11 heteroatoms. The van der Waals surface area contributed by atoms with Crippen LogP contribution in [-0.4, -0.2) is 74.0 Å². The molecule has 0 radical (unpaired) electrons. The first-order chi connectivity index (χ1) is 14.6. The maximum Gasteiger partial charge on any atom is 0.416 e. The highest BCUT2D eigenvalue weighted by molar-refractivity contribution is 5.89. The highest BCUT2D eigenvalue weighted by atomic mass is 19.4. The van der Waals surface area contributed by atoms with Crippen molar-refractivity contribution in [2.24, 2.45) is 0 Å². The number of amides is 3. The summed E-state index contributed by atoms with van der Waals surface area (Å²) in [6.07, 6.45) is -3.34. The molecule has 174 valence electrons. The van der Waals surface area contributed by atoms with E-state index in [2.05, 4.69) is 16.0 Å². The van der Waals surface area contributed by atoms with E-state index in [9.17, 15) is 27.9 Å². The summed E-state index contributed by atoms with van der Waals surface area (Å²) in [6.45, 7) is 0.300.